The molecule has 4 unspecified atom stereocenters. The molecule has 0 fully saturated rings. The lowest BCUT2D eigenvalue weighted by Gasteiger charge is -2.32. The Balaban J connectivity index is 0.000000291. The smallest absolute Gasteiger partial charge is 0.339 e. The Hall–Kier alpha value is -11.8. The van der Waals surface area contributed by atoms with Crippen LogP contribution in [0, 0.1) is 0 Å². The first-order valence-electron chi connectivity index (χ1n) is 49.6. The van der Waals surface area contributed by atoms with E-state index in [0.717, 1.165) is 193 Å². The number of phenolic OH excluding ortho intramolecular Hbond substituents is 5. The predicted molar refractivity (Wildman–Crippen MR) is 565 cm³/mol. The summed E-state index contributed by atoms with van der Waals surface area (Å²) >= 11 is 0. The third-order valence-electron chi connectivity index (χ3n) is 24.3. The first kappa shape index (κ1) is 116. The summed E-state index contributed by atoms with van der Waals surface area (Å²) in [6.45, 7) is 49.7. The second-order valence-corrected chi connectivity index (χ2v) is 39.3. The van der Waals surface area contributed by atoms with E-state index in [4.69, 9.17) is 18.9 Å². The Morgan fingerprint density at radius 1 is 0.292 bits per heavy atom. The Kier molecular flexibility index (Phi) is 47.4. The second-order valence-electron chi connectivity index (χ2n) is 39.3. The molecule has 11 N–H and O–H groups in total. The van der Waals surface area contributed by atoms with Gasteiger partial charge in [0.1, 0.15) is 108 Å². The van der Waals surface area contributed by atoms with Crippen LogP contribution in [0.4, 0.5) is 0 Å². The van der Waals surface area contributed by atoms with Crippen LogP contribution in [-0.2, 0) is 51.4 Å². The quantitative estimate of drug-likeness (QED) is 0.0160. The molecule has 0 spiro atoms. The SMILES string of the molecule is CCCCc1cc(O)c2c(c1)OC(C)(CCC=C(C)C)C=C2.CCCCc1cc2c(c(O)c1C(=O)O)C=CC(C)(CCC=C(C)C)O2.CCCc1cc(O)c(C/C=C(\C)CCC=C(C)C)c(O)c1.CCCc1cc(O)c(C/C=C(\C)CCC=C(C)C)c(O)c1C(=O)O.CCCc1cc(O)c2c(c1)OC(C)(CCC=C(C)C)C=C2.CCCc1cc2c(c(O)c1C(=O)O)C=CC(C)(CCC=C(C)C)O2. The topological polar surface area (TPSA) is 311 Å². The molecular weight excluding hydrogens is 1720 g/mol. The van der Waals surface area contributed by atoms with Gasteiger partial charge in [-0.2, -0.15) is 0 Å². The van der Waals surface area contributed by atoms with Crippen molar-refractivity contribution in [2.75, 3.05) is 0 Å². The summed E-state index contributed by atoms with van der Waals surface area (Å²) in [5.41, 5.74) is 17.0. The lowest BCUT2D eigenvalue weighted by molar-refractivity contribution is 0.0680. The second kappa shape index (κ2) is 56.2. The molecule has 18 nitrogen and oxygen atoms in total. The van der Waals surface area contributed by atoms with Crippen molar-refractivity contribution in [2.24, 2.45) is 0 Å². The van der Waals surface area contributed by atoms with Gasteiger partial charge in [-0.05, 0) is 402 Å². The monoisotopic (exact) mass is 1880 g/mol. The Labute approximate surface area is 819 Å². The maximum absolute atomic E-state index is 11.6. The number of carboxylic acids is 3. The third kappa shape index (κ3) is 37.6. The number of allylic oxidation sites excluding steroid dienone is 16. The number of hydrogen-bond donors (Lipinski definition) is 11. The van der Waals surface area contributed by atoms with E-state index < -0.39 is 29.1 Å². The number of rotatable bonds is 39. The number of phenols is 8. The van der Waals surface area contributed by atoms with Gasteiger partial charge in [-0.3, -0.25) is 0 Å². The number of aryl methyl sites for hydroxylation is 6. The molecule has 0 radical (unpaired) electrons. The highest BCUT2D eigenvalue weighted by atomic mass is 16.5. The van der Waals surface area contributed by atoms with Crippen LogP contribution in [0.3, 0.4) is 0 Å². The zero-order chi connectivity index (χ0) is 102. The van der Waals surface area contributed by atoms with E-state index in [0.29, 0.717) is 88.5 Å². The molecule has 0 aliphatic carbocycles. The molecule has 137 heavy (non-hydrogen) atoms. The molecule has 748 valence electrons. The third-order valence-corrected chi connectivity index (χ3v) is 24.3. The van der Waals surface area contributed by atoms with Gasteiger partial charge in [-0.1, -0.05) is 173 Å². The number of fused-ring (bicyclic) bond motifs is 4. The van der Waals surface area contributed by atoms with Crippen molar-refractivity contribution in [3.8, 4) is 69.0 Å². The van der Waals surface area contributed by atoms with Gasteiger partial charge < -0.3 is 75.1 Å². The van der Waals surface area contributed by atoms with E-state index in [1.54, 1.807) is 36.4 Å². The average Bonchev–Trinajstić information content (AvgIpc) is 0.754. The standard InChI is InChI=1S/C21H28O4.C20H26O4.C20H28O4.C20H28O2.C19H26O2.C19H28O2/c1-5-6-9-15-13-17-16(19(22)18(15)20(23)24)10-12-21(4,25-17)11-7-8-14(2)3;1-5-7-14-12-16-15(18(21)17(14)19(22)23)9-11-20(4,24-16)10-6-8-13(2)3;1-5-7-15-12-17(21)16(19(22)18(15)20(23)24)11-10-14(4)9-6-8-13(2)3;1-5-6-9-16-13-18(21)17-10-12-20(4,22-19(17)14-16)11-7-8-15(2)3;1-5-7-15-12-17(20)16-9-11-19(4,21-18(16)13-15)10-6-8-14(2)3;1-5-7-16-12-18(20)17(19(21)13-16)11-10-15(4)9-6-8-14(2)3/h8,10,12-13,22H,5-7,9,11H2,1-4H3,(H,23,24);8-9,11-12,21H,5-7,10H2,1-4H3,(H,22,23);8,10,12,21-22H,5-7,9,11H2,1-4H3,(H,23,24);8,10,12-14,21H,5-7,9,11H2,1-4H3;8-9,11-13,20H,5-7,10H2,1-4H3;8,10,12-13,20-21H,5-7,9,11H2,1-4H3/b;;14-10+;;;15-10+. The number of carboxylic acid groups (broad SMARTS) is 3. The highest BCUT2D eigenvalue weighted by Crippen LogP contribution is 2.47. The van der Waals surface area contributed by atoms with Crippen molar-refractivity contribution >= 4 is 42.2 Å². The molecule has 0 aromatic heterocycles. The molecule has 0 amide bonds. The van der Waals surface area contributed by atoms with Gasteiger partial charge in [-0.15, -0.1) is 0 Å². The van der Waals surface area contributed by atoms with Gasteiger partial charge in [0.05, 0.1) is 22.3 Å². The van der Waals surface area contributed by atoms with Crippen LogP contribution in [0.15, 0.2) is 172 Å². The summed E-state index contributed by atoms with van der Waals surface area (Å²) in [6, 6.07) is 16.4. The number of aromatic carboxylic acids is 3. The van der Waals surface area contributed by atoms with Crippen LogP contribution < -0.4 is 18.9 Å². The van der Waals surface area contributed by atoms with Crippen molar-refractivity contribution in [1.29, 1.82) is 0 Å². The first-order chi connectivity index (χ1) is 64.6. The summed E-state index contributed by atoms with van der Waals surface area (Å²) in [5.74, 6) is -0.350. The number of unbranched alkanes of at least 4 members (excludes halogenated alkanes) is 2. The van der Waals surface area contributed by atoms with Gasteiger partial charge in [0, 0.05) is 11.1 Å². The summed E-state index contributed by atoms with van der Waals surface area (Å²) in [4.78, 5) is 34.6. The van der Waals surface area contributed by atoms with Crippen molar-refractivity contribution in [1.82, 2.24) is 0 Å². The van der Waals surface area contributed by atoms with Gasteiger partial charge in [0.25, 0.3) is 0 Å². The van der Waals surface area contributed by atoms with Crippen LogP contribution in [0.5, 0.6) is 69.0 Å². The molecule has 4 atom stereocenters. The van der Waals surface area contributed by atoms with Crippen molar-refractivity contribution in [3.05, 3.63) is 256 Å². The molecule has 0 saturated heterocycles. The van der Waals surface area contributed by atoms with E-state index in [1.165, 1.54) is 45.1 Å². The fraction of sp³-hybridized carbons (Fsp3) is 0.471. The maximum Gasteiger partial charge on any atom is 0.339 e. The van der Waals surface area contributed by atoms with Crippen LogP contribution in [0.25, 0.3) is 24.3 Å². The van der Waals surface area contributed by atoms with Crippen LogP contribution in [-0.4, -0.2) is 96.5 Å². The van der Waals surface area contributed by atoms with Gasteiger partial charge in [0.15, 0.2) is 0 Å². The van der Waals surface area contributed by atoms with Crippen LogP contribution in [0.1, 0.15) is 392 Å². The first-order valence-corrected chi connectivity index (χ1v) is 49.6. The molecule has 4 aliphatic heterocycles. The molecule has 6 aromatic carbocycles. The molecular formula is C119H164O18. The van der Waals surface area contributed by atoms with E-state index in [1.807, 2.05) is 77.1 Å². The molecule has 10 rings (SSSR count). The lowest BCUT2D eigenvalue weighted by atomic mass is 9.91. The molecule has 4 aliphatic rings. The molecule has 6 aromatic rings. The van der Waals surface area contributed by atoms with E-state index in [9.17, 15) is 70.6 Å². The number of aromatic hydroxyl groups is 8. The van der Waals surface area contributed by atoms with Gasteiger partial charge >= 0.3 is 17.9 Å². The summed E-state index contributed by atoms with van der Waals surface area (Å²) in [5, 5.41) is 110. The predicted octanol–water partition coefficient (Wildman–Crippen LogP) is 31.5. The van der Waals surface area contributed by atoms with Crippen molar-refractivity contribution in [3.63, 3.8) is 0 Å². The average molecular weight is 1880 g/mol. The molecule has 0 bridgehead atoms. The zero-order valence-electron chi connectivity index (χ0n) is 87.0. The minimum atomic E-state index is -1.17. The zero-order valence-corrected chi connectivity index (χ0v) is 87.0. The summed E-state index contributed by atoms with van der Waals surface area (Å²) in [7, 11) is 0. The van der Waals surface area contributed by atoms with Crippen molar-refractivity contribution < 1.29 is 89.5 Å². The number of hydrogen-bond acceptors (Lipinski definition) is 15. The van der Waals surface area contributed by atoms with Gasteiger partial charge in [-0.25, -0.2) is 14.4 Å². The van der Waals surface area contributed by atoms with Crippen molar-refractivity contribution in [2.45, 2.75) is 368 Å². The Morgan fingerprint density at radius 3 is 0.891 bits per heavy atom. The van der Waals surface area contributed by atoms with Crippen LogP contribution >= 0.6 is 0 Å². The fourth-order valence-corrected chi connectivity index (χ4v) is 16.5. The van der Waals surface area contributed by atoms with Crippen LogP contribution in [0.2, 0.25) is 0 Å². The summed E-state index contributed by atoms with van der Waals surface area (Å²) in [6.07, 6.45) is 57.1. The van der Waals surface area contributed by atoms with E-state index in [2.05, 4.69) is 198 Å². The number of benzene rings is 6. The fourth-order valence-electron chi connectivity index (χ4n) is 16.5. The number of ether oxygens (including phenoxy) is 4. The maximum atomic E-state index is 11.6. The molecule has 0 saturated carbocycles. The minimum absolute atomic E-state index is 0.00593. The highest BCUT2D eigenvalue weighted by molar-refractivity contribution is 5.97. The highest BCUT2D eigenvalue weighted by Gasteiger charge is 2.35. The lowest BCUT2D eigenvalue weighted by Crippen LogP contribution is -2.32. The molecule has 18 heteroatoms. The summed E-state index contributed by atoms with van der Waals surface area (Å²) < 4.78 is 24.7. The van der Waals surface area contributed by atoms with E-state index >= 15 is 0 Å². The molecule has 4 heterocycles. The van der Waals surface area contributed by atoms with E-state index in [-0.39, 0.29) is 68.0 Å². The van der Waals surface area contributed by atoms with Gasteiger partial charge in [0.2, 0.25) is 0 Å². The Bertz CT molecular complexity index is 5420. The minimum Gasteiger partial charge on any atom is -0.508 e. The normalized spacial score (nSPS) is 16.6. The largest absolute Gasteiger partial charge is 0.508 e. The number of carbonyl (C=O) groups is 3. The Morgan fingerprint density at radius 2 is 0.562 bits per heavy atom.